The minimum atomic E-state index is -0.543. The first-order valence-corrected chi connectivity index (χ1v) is 9.29. The Labute approximate surface area is 169 Å². The second kappa shape index (κ2) is 8.89. The number of nitrogens with two attached hydrogens (primary N) is 1. The van der Waals surface area contributed by atoms with Crippen molar-refractivity contribution in [2.24, 2.45) is 5.73 Å². The van der Waals surface area contributed by atoms with Gasteiger partial charge in [-0.15, -0.1) is 0 Å². The molecule has 0 spiro atoms. The zero-order valence-corrected chi connectivity index (χ0v) is 16.8. The maximum Gasteiger partial charge on any atom is 0.336 e. The lowest BCUT2D eigenvalue weighted by molar-refractivity contribution is -0.120. The van der Waals surface area contributed by atoms with Gasteiger partial charge in [-0.25, -0.2) is 4.79 Å². The molecule has 0 fully saturated rings. The molecular formula is C22H25N3O4. The fraction of sp³-hybridized carbons (Fsp3) is 0.273. The van der Waals surface area contributed by atoms with Crippen LogP contribution in [0.3, 0.4) is 0 Å². The molecule has 29 heavy (non-hydrogen) atoms. The summed E-state index contributed by atoms with van der Waals surface area (Å²) >= 11 is 0. The molecule has 1 amide bonds. The second-order valence-electron chi connectivity index (χ2n) is 6.91. The summed E-state index contributed by atoms with van der Waals surface area (Å²) in [5.74, 6) is -0.185. The first kappa shape index (κ1) is 20.6. The van der Waals surface area contributed by atoms with Crippen LogP contribution in [0.5, 0.6) is 0 Å². The van der Waals surface area contributed by atoms with Gasteiger partial charge in [-0.1, -0.05) is 24.3 Å². The van der Waals surface area contributed by atoms with E-state index in [9.17, 15) is 9.59 Å². The molecule has 0 aliphatic carbocycles. The smallest absolute Gasteiger partial charge is 0.336 e. The number of aryl methyl sites for hydroxylation is 1. The lowest BCUT2D eigenvalue weighted by Crippen LogP contribution is -2.42. The van der Waals surface area contributed by atoms with Gasteiger partial charge in [0.15, 0.2) is 0 Å². The standard InChI is InChI=1S/C22H25N3O4/c1-14-6-4-5-7-16(14)18-11-22(27)29-19-10-15(8-9-17(18)19)25(2)13-21(26)24-12-20(23)28-3/h4-11,20H,12-13,23H2,1-3H3,(H,24,26). The molecule has 3 rings (SSSR count). The molecule has 0 saturated heterocycles. The van der Waals surface area contributed by atoms with Gasteiger partial charge in [0.2, 0.25) is 5.91 Å². The van der Waals surface area contributed by atoms with Crippen LogP contribution in [0.25, 0.3) is 22.1 Å². The van der Waals surface area contributed by atoms with Gasteiger partial charge in [0.25, 0.3) is 0 Å². The summed E-state index contributed by atoms with van der Waals surface area (Å²) in [5.41, 5.74) is 9.33. The molecule has 0 aliphatic heterocycles. The van der Waals surface area contributed by atoms with Crippen LogP contribution in [0, 0.1) is 6.92 Å². The zero-order chi connectivity index (χ0) is 21.0. The number of hydrogen-bond donors (Lipinski definition) is 2. The number of nitrogens with one attached hydrogen (secondary N) is 1. The molecule has 1 unspecified atom stereocenters. The van der Waals surface area contributed by atoms with E-state index in [1.54, 1.807) is 18.0 Å². The number of anilines is 1. The van der Waals surface area contributed by atoms with Crippen LogP contribution in [-0.4, -0.2) is 39.4 Å². The highest BCUT2D eigenvalue weighted by atomic mass is 16.5. The third kappa shape index (κ3) is 4.82. The Hall–Kier alpha value is -3.16. The quantitative estimate of drug-likeness (QED) is 0.470. The maximum absolute atomic E-state index is 12.2. The van der Waals surface area contributed by atoms with Crippen molar-refractivity contribution in [2.45, 2.75) is 13.2 Å². The van der Waals surface area contributed by atoms with Gasteiger partial charge in [0, 0.05) is 42.9 Å². The predicted octanol–water partition coefficient (Wildman–Crippen LogP) is 2.25. The largest absolute Gasteiger partial charge is 0.423 e. The normalized spacial score (nSPS) is 12.0. The van der Waals surface area contributed by atoms with Crippen LogP contribution in [0.15, 0.2) is 57.7 Å². The van der Waals surface area contributed by atoms with Crippen LogP contribution >= 0.6 is 0 Å². The molecule has 3 aromatic rings. The first-order valence-electron chi connectivity index (χ1n) is 9.29. The number of benzene rings is 2. The van der Waals surface area contributed by atoms with E-state index in [-0.39, 0.29) is 19.0 Å². The average molecular weight is 395 g/mol. The Morgan fingerprint density at radius 2 is 1.97 bits per heavy atom. The molecule has 3 N–H and O–H groups in total. The van der Waals surface area contributed by atoms with Gasteiger partial charge >= 0.3 is 5.63 Å². The highest BCUT2D eigenvalue weighted by Gasteiger charge is 2.13. The molecule has 0 radical (unpaired) electrons. The third-order valence-electron chi connectivity index (χ3n) is 4.79. The molecule has 2 aromatic carbocycles. The molecule has 1 aromatic heterocycles. The van der Waals surface area contributed by atoms with Gasteiger partial charge in [0.05, 0.1) is 13.1 Å². The summed E-state index contributed by atoms with van der Waals surface area (Å²) in [5, 5.41) is 3.55. The Balaban J connectivity index is 1.88. The van der Waals surface area contributed by atoms with E-state index in [0.717, 1.165) is 27.8 Å². The van der Waals surface area contributed by atoms with E-state index in [0.29, 0.717) is 5.58 Å². The van der Waals surface area contributed by atoms with Crippen molar-refractivity contribution < 1.29 is 13.9 Å². The predicted molar refractivity (Wildman–Crippen MR) is 114 cm³/mol. The molecule has 7 heteroatoms. The Morgan fingerprint density at radius 3 is 2.69 bits per heavy atom. The van der Waals surface area contributed by atoms with Crippen LogP contribution < -0.4 is 21.6 Å². The summed E-state index contributed by atoms with van der Waals surface area (Å²) in [6.07, 6.45) is -0.543. The summed E-state index contributed by atoms with van der Waals surface area (Å²) in [4.78, 5) is 26.0. The summed E-state index contributed by atoms with van der Waals surface area (Å²) in [7, 11) is 3.28. The number of hydrogen-bond acceptors (Lipinski definition) is 6. The number of rotatable bonds is 7. The third-order valence-corrected chi connectivity index (χ3v) is 4.79. The highest BCUT2D eigenvalue weighted by molar-refractivity contribution is 5.95. The Kier molecular flexibility index (Phi) is 6.31. The molecule has 1 atom stereocenters. The van der Waals surface area contributed by atoms with Crippen molar-refractivity contribution in [1.82, 2.24) is 5.32 Å². The van der Waals surface area contributed by atoms with Crippen molar-refractivity contribution in [3.05, 3.63) is 64.5 Å². The minimum Gasteiger partial charge on any atom is -0.423 e. The summed E-state index contributed by atoms with van der Waals surface area (Å²) in [6.45, 7) is 2.37. The van der Waals surface area contributed by atoms with E-state index in [2.05, 4.69) is 5.32 Å². The van der Waals surface area contributed by atoms with E-state index in [4.69, 9.17) is 14.9 Å². The summed E-state index contributed by atoms with van der Waals surface area (Å²) in [6, 6.07) is 15.0. The fourth-order valence-electron chi connectivity index (χ4n) is 3.15. The van der Waals surface area contributed by atoms with Crippen molar-refractivity contribution in [3.63, 3.8) is 0 Å². The lowest BCUT2D eigenvalue weighted by Gasteiger charge is -2.20. The minimum absolute atomic E-state index is 0.129. The SMILES string of the molecule is COC(N)CNC(=O)CN(C)c1ccc2c(-c3ccccc3C)cc(=O)oc2c1. The summed E-state index contributed by atoms with van der Waals surface area (Å²) < 4.78 is 10.4. The van der Waals surface area contributed by atoms with Crippen molar-refractivity contribution >= 4 is 22.6 Å². The van der Waals surface area contributed by atoms with Crippen LogP contribution in [0.4, 0.5) is 5.69 Å². The van der Waals surface area contributed by atoms with Gasteiger partial charge in [-0.2, -0.15) is 0 Å². The number of carbonyl (C=O) groups is 1. The molecule has 0 saturated carbocycles. The first-order chi connectivity index (χ1) is 13.9. The molecule has 152 valence electrons. The Bertz CT molecular complexity index is 1080. The van der Waals surface area contributed by atoms with E-state index in [1.165, 1.54) is 13.2 Å². The fourth-order valence-corrected chi connectivity index (χ4v) is 3.15. The number of nitrogens with zero attached hydrogens (tertiary/aromatic N) is 1. The number of ether oxygens (including phenoxy) is 1. The number of likely N-dealkylation sites (N-methyl/N-ethyl adjacent to an activating group) is 1. The van der Waals surface area contributed by atoms with E-state index >= 15 is 0 Å². The number of methoxy groups -OCH3 is 1. The average Bonchev–Trinajstić information content (AvgIpc) is 2.71. The Morgan fingerprint density at radius 1 is 1.21 bits per heavy atom. The second-order valence-corrected chi connectivity index (χ2v) is 6.91. The monoisotopic (exact) mass is 395 g/mol. The van der Waals surface area contributed by atoms with Gasteiger partial charge in [-0.05, 0) is 30.2 Å². The molecule has 0 bridgehead atoms. The van der Waals surface area contributed by atoms with Crippen LogP contribution in [-0.2, 0) is 9.53 Å². The molecule has 1 heterocycles. The van der Waals surface area contributed by atoms with Crippen LogP contribution in [0.2, 0.25) is 0 Å². The topological polar surface area (TPSA) is 97.8 Å². The van der Waals surface area contributed by atoms with E-state index < -0.39 is 11.9 Å². The molecular weight excluding hydrogens is 370 g/mol. The highest BCUT2D eigenvalue weighted by Crippen LogP contribution is 2.31. The lowest BCUT2D eigenvalue weighted by atomic mass is 9.98. The van der Waals surface area contributed by atoms with Crippen molar-refractivity contribution in [3.8, 4) is 11.1 Å². The van der Waals surface area contributed by atoms with Gasteiger partial charge < -0.3 is 25.1 Å². The van der Waals surface area contributed by atoms with E-state index in [1.807, 2.05) is 43.3 Å². The number of carbonyl (C=O) groups excluding carboxylic acids is 1. The van der Waals surface area contributed by atoms with Crippen LogP contribution in [0.1, 0.15) is 5.56 Å². The van der Waals surface area contributed by atoms with Crippen molar-refractivity contribution in [1.29, 1.82) is 0 Å². The number of amides is 1. The zero-order valence-electron chi connectivity index (χ0n) is 16.8. The maximum atomic E-state index is 12.2. The van der Waals surface area contributed by atoms with Gasteiger partial charge in [0.1, 0.15) is 11.8 Å². The van der Waals surface area contributed by atoms with Crippen molar-refractivity contribution in [2.75, 3.05) is 32.1 Å². The molecule has 0 aliphatic rings. The van der Waals surface area contributed by atoms with Gasteiger partial charge in [-0.3, -0.25) is 4.79 Å². The number of fused-ring (bicyclic) bond motifs is 1. The molecule has 7 nitrogen and oxygen atoms in total.